The van der Waals surface area contributed by atoms with Crippen molar-refractivity contribution in [3.8, 4) is 6.07 Å². The molecule has 0 aliphatic heterocycles. The van der Waals surface area contributed by atoms with E-state index < -0.39 is 5.91 Å². The molecular weight excluding hydrogens is 266 g/mol. The van der Waals surface area contributed by atoms with Crippen molar-refractivity contribution >= 4 is 11.6 Å². The molecule has 0 bridgehead atoms. The van der Waals surface area contributed by atoms with E-state index in [-0.39, 0.29) is 12.2 Å². The minimum absolute atomic E-state index is 0.0420. The highest BCUT2D eigenvalue weighted by Crippen LogP contribution is 2.13. The molecule has 21 heavy (non-hydrogen) atoms. The predicted molar refractivity (Wildman–Crippen MR) is 82.4 cm³/mol. The molecule has 1 rings (SSSR count). The lowest BCUT2D eigenvalue weighted by atomic mass is 10.2. The van der Waals surface area contributed by atoms with Crippen LogP contribution in [0.1, 0.15) is 24.8 Å². The SMILES string of the molecule is Cc1ccccc1NC(=O)/C(C#N)=C\NCCCCCO. The lowest BCUT2D eigenvalue weighted by Crippen LogP contribution is -2.17. The minimum Gasteiger partial charge on any atom is -0.396 e. The second kappa shape index (κ2) is 9.56. The Hall–Kier alpha value is -2.32. The third-order valence-corrected chi connectivity index (χ3v) is 2.98. The van der Waals surface area contributed by atoms with E-state index >= 15 is 0 Å². The lowest BCUT2D eigenvalue weighted by molar-refractivity contribution is -0.112. The number of unbranched alkanes of at least 4 members (excludes halogenated alkanes) is 2. The van der Waals surface area contributed by atoms with Crippen LogP contribution in [0.3, 0.4) is 0 Å². The van der Waals surface area contributed by atoms with Gasteiger partial charge in [-0.05, 0) is 37.8 Å². The Morgan fingerprint density at radius 3 is 2.76 bits per heavy atom. The number of benzene rings is 1. The van der Waals surface area contributed by atoms with Crippen LogP contribution in [-0.4, -0.2) is 24.2 Å². The Labute approximate surface area is 125 Å². The van der Waals surface area contributed by atoms with Gasteiger partial charge >= 0.3 is 0 Å². The number of nitriles is 1. The number of carbonyl (C=O) groups is 1. The second-order valence-corrected chi connectivity index (χ2v) is 4.68. The van der Waals surface area contributed by atoms with Gasteiger partial charge in [-0.1, -0.05) is 18.2 Å². The fraction of sp³-hybridized carbons (Fsp3) is 0.375. The molecule has 0 saturated heterocycles. The molecule has 0 aliphatic carbocycles. The molecule has 5 nitrogen and oxygen atoms in total. The number of anilines is 1. The molecule has 1 amide bonds. The highest BCUT2D eigenvalue weighted by Gasteiger charge is 2.09. The van der Waals surface area contributed by atoms with Crippen molar-refractivity contribution in [2.45, 2.75) is 26.2 Å². The normalized spacial score (nSPS) is 10.8. The van der Waals surface area contributed by atoms with Crippen molar-refractivity contribution in [2.75, 3.05) is 18.5 Å². The van der Waals surface area contributed by atoms with Gasteiger partial charge in [0.15, 0.2) is 0 Å². The van der Waals surface area contributed by atoms with E-state index in [2.05, 4.69) is 10.6 Å². The summed E-state index contributed by atoms with van der Waals surface area (Å²) in [6.07, 6.45) is 4.00. The summed E-state index contributed by atoms with van der Waals surface area (Å²) in [6, 6.07) is 9.30. The highest BCUT2D eigenvalue weighted by atomic mass is 16.2. The van der Waals surface area contributed by atoms with Gasteiger partial charge in [0.05, 0.1) is 0 Å². The minimum atomic E-state index is -0.422. The maximum absolute atomic E-state index is 12.0. The first-order valence-electron chi connectivity index (χ1n) is 7.00. The third kappa shape index (κ3) is 6.11. The zero-order valence-corrected chi connectivity index (χ0v) is 12.2. The molecule has 0 radical (unpaired) electrons. The quantitative estimate of drug-likeness (QED) is 0.388. The molecule has 3 N–H and O–H groups in total. The predicted octanol–water partition coefficient (Wildman–Crippen LogP) is 2.09. The maximum atomic E-state index is 12.0. The van der Waals surface area contributed by atoms with Gasteiger partial charge in [0.1, 0.15) is 11.6 Å². The number of hydrogen-bond donors (Lipinski definition) is 3. The van der Waals surface area contributed by atoms with Crippen LogP contribution in [0.4, 0.5) is 5.69 Å². The average molecular weight is 287 g/mol. The van der Waals surface area contributed by atoms with Gasteiger partial charge in [0.2, 0.25) is 0 Å². The number of carbonyl (C=O) groups excluding carboxylic acids is 1. The van der Waals surface area contributed by atoms with E-state index in [0.29, 0.717) is 12.2 Å². The van der Waals surface area contributed by atoms with E-state index in [1.54, 1.807) is 6.07 Å². The summed E-state index contributed by atoms with van der Waals surface area (Å²) in [4.78, 5) is 12.0. The van der Waals surface area contributed by atoms with Crippen LogP contribution in [0.5, 0.6) is 0 Å². The Morgan fingerprint density at radius 1 is 1.33 bits per heavy atom. The fourth-order valence-corrected chi connectivity index (χ4v) is 1.74. The molecule has 0 saturated carbocycles. The van der Waals surface area contributed by atoms with Crippen molar-refractivity contribution in [1.29, 1.82) is 5.26 Å². The number of hydrogen-bond acceptors (Lipinski definition) is 4. The number of amides is 1. The van der Waals surface area contributed by atoms with Crippen molar-refractivity contribution in [3.63, 3.8) is 0 Å². The van der Waals surface area contributed by atoms with Gasteiger partial charge in [-0.2, -0.15) is 5.26 Å². The molecule has 0 heterocycles. The molecule has 1 aromatic carbocycles. The summed E-state index contributed by atoms with van der Waals surface area (Å²) >= 11 is 0. The Kier molecular flexibility index (Phi) is 7.62. The zero-order chi connectivity index (χ0) is 15.5. The summed E-state index contributed by atoms with van der Waals surface area (Å²) in [7, 11) is 0. The van der Waals surface area contributed by atoms with E-state index in [0.717, 1.165) is 24.8 Å². The van der Waals surface area contributed by atoms with Crippen LogP contribution in [-0.2, 0) is 4.79 Å². The Bertz CT molecular complexity index is 533. The largest absolute Gasteiger partial charge is 0.396 e. The average Bonchev–Trinajstić information content (AvgIpc) is 2.49. The van der Waals surface area contributed by atoms with Crippen LogP contribution in [0.15, 0.2) is 36.0 Å². The van der Waals surface area contributed by atoms with Gasteiger partial charge in [-0.15, -0.1) is 0 Å². The smallest absolute Gasteiger partial charge is 0.267 e. The summed E-state index contributed by atoms with van der Waals surface area (Å²) in [5.74, 6) is -0.422. The maximum Gasteiger partial charge on any atom is 0.267 e. The standard InChI is InChI=1S/C16H21N3O2/c1-13-7-3-4-8-15(13)19-16(21)14(11-17)12-18-9-5-2-6-10-20/h3-4,7-8,12,18,20H,2,5-6,9-10H2,1H3,(H,19,21)/b14-12-. The van der Waals surface area contributed by atoms with E-state index in [1.165, 1.54) is 6.20 Å². The van der Waals surface area contributed by atoms with E-state index in [9.17, 15) is 4.79 Å². The van der Waals surface area contributed by atoms with Crippen LogP contribution in [0, 0.1) is 18.3 Å². The summed E-state index contributed by atoms with van der Waals surface area (Å²) in [5, 5.41) is 23.4. The lowest BCUT2D eigenvalue weighted by Gasteiger charge is -2.07. The van der Waals surface area contributed by atoms with Gasteiger partial charge in [-0.25, -0.2) is 0 Å². The van der Waals surface area contributed by atoms with E-state index in [1.807, 2.05) is 31.2 Å². The molecule has 0 unspecified atom stereocenters. The first-order chi connectivity index (χ1) is 10.2. The number of nitrogens with zero attached hydrogens (tertiary/aromatic N) is 1. The number of aryl methyl sites for hydroxylation is 1. The Balaban J connectivity index is 2.50. The first kappa shape index (κ1) is 16.7. The first-order valence-corrected chi connectivity index (χ1v) is 7.00. The summed E-state index contributed by atoms with van der Waals surface area (Å²) < 4.78 is 0. The zero-order valence-electron chi connectivity index (χ0n) is 12.2. The number of nitrogens with one attached hydrogen (secondary N) is 2. The van der Waals surface area contributed by atoms with Crippen LogP contribution >= 0.6 is 0 Å². The molecule has 1 aromatic rings. The van der Waals surface area contributed by atoms with Gasteiger partial charge < -0.3 is 15.7 Å². The number of aliphatic hydroxyl groups is 1. The monoisotopic (exact) mass is 287 g/mol. The summed E-state index contributed by atoms with van der Waals surface area (Å²) in [5.41, 5.74) is 1.69. The highest BCUT2D eigenvalue weighted by molar-refractivity contribution is 6.06. The molecule has 0 aliphatic rings. The number of aliphatic hydroxyl groups excluding tert-OH is 1. The number of rotatable bonds is 8. The topological polar surface area (TPSA) is 85.2 Å². The second-order valence-electron chi connectivity index (χ2n) is 4.68. The van der Waals surface area contributed by atoms with Crippen LogP contribution < -0.4 is 10.6 Å². The summed E-state index contributed by atoms with van der Waals surface area (Å²) in [6.45, 7) is 2.76. The van der Waals surface area contributed by atoms with Crippen molar-refractivity contribution in [2.24, 2.45) is 0 Å². The molecule has 0 atom stereocenters. The fourth-order valence-electron chi connectivity index (χ4n) is 1.74. The molecule has 5 heteroatoms. The van der Waals surface area contributed by atoms with Crippen molar-refractivity contribution in [1.82, 2.24) is 5.32 Å². The van der Waals surface area contributed by atoms with Gasteiger partial charge in [-0.3, -0.25) is 4.79 Å². The van der Waals surface area contributed by atoms with Gasteiger partial charge in [0, 0.05) is 25.0 Å². The van der Waals surface area contributed by atoms with E-state index in [4.69, 9.17) is 10.4 Å². The van der Waals surface area contributed by atoms with Crippen molar-refractivity contribution < 1.29 is 9.90 Å². The molecule has 0 fully saturated rings. The van der Waals surface area contributed by atoms with Gasteiger partial charge in [0.25, 0.3) is 5.91 Å². The third-order valence-electron chi connectivity index (χ3n) is 2.98. The van der Waals surface area contributed by atoms with Crippen LogP contribution in [0.25, 0.3) is 0 Å². The molecule has 0 spiro atoms. The number of para-hydroxylation sites is 1. The Morgan fingerprint density at radius 2 is 2.10 bits per heavy atom. The molecular formula is C16H21N3O2. The van der Waals surface area contributed by atoms with Crippen LogP contribution in [0.2, 0.25) is 0 Å². The molecule has 112 valence electrons. The van der Waals surface area contributed by atoms with Crippen molar-refractivity contribution in [3.05, 3.63) is 41.6 Å². The molecule has 0 aromatic heterocycles.